The Hall–Kier alpha value is -1.77. The molecule has 1 N–H and O–H groups in total. The molecule has 6 nitrogen and oxygen atoms in total. The van der Waals surface area contributed by atoms with Gasteiger partial charge in [0.2, 0.25) is 0 Å². The highest BCUT2D eigenvalue weighted by atomic mass is 32.2. The van der Waals surface area contributed by atoms with Crippen LogP contribution in [0.5, 0.6) is 0 Å². The fourth-order valence-electron chi connectivity index (χ4n) is 1.71. The summed E-state index contributed by atoms with van der Waals surface area (Å²) in [7, 11) is 0. The Morgan fingerprint density at radius 3 is 2.62 bits per heavy atom. The lowest BCUT2D eigenvalue weighted by atomic mass is 10.1. The normalized spacial score (nSPS) is 12.9. The second kappa shape index (κ2) is 5.92. The highest BCUT2D eigenvalue weighted by molar-refractivity contribution is 7.81. The van der Waals surface area contributed by atoms with E-state index in [2.05, 4.69) is 4.98 Å². The SMILES string of the molecule is CC(C)(C(=O)O)N(c1ccc(-c2ccccn2)s1)S(=O)[O-]. The number of nitrogens with zero attached hydrogens (tertiary/aromatic N) is 2. The number of thiophene rings is 1. The highest BCUT2D eigenvalue weighted by Gasteiger charge is 2.36. The topological polar surface area (TPSA) is 93.6 Å². The van der Waals surface area contributed by atoms with Crippen molar-refractivity contribution in [2.24, 2.45) is 0 Å². The molecular weight excluding hydrogens is 312 g/mol. The predicted octanol–water partition coefficient (Wildman–Crippen LogP) is 2.27. The number of pyridine rings is 1. The van der Waals surface area contributed by atoms with Gasteiger partial charge in [-0.2, -0.15) is 0 Å². The van der Waals surface area contributed by atoms with Gasteiger partial charge in [0.15, 0.2) is 0 Å². The van der Waals surface area contributed by atoms with Crippen LogP contribution >= 0.6 is 11.3 Å². The quantitative estimate of drug-likeness (QED) is 0.851. The van der Waals surface area contributed by atoms with Gasteiger partial charge in [0, 0.05) is 17.5 Å². The summed E-state index contributed by atoms with van der Waals surface area (Å²) in [6, 6.07) is 8.71. The van der Waals surface area contributed by atoms with Crippen LogP contribution in [0.3, 0.4) is 0 Å². The predicted molar refractivity (Wildman–Crippen MR) is 80.7 cm³/mol. The van der Waals surface area contributed by atoms with Crippen molar-refractivity contribution in [2.75, 3.05) is 4.31 Å². The van der Waals surface area contributed by atoms with Gasteiger partial charge in [0.25, 0.3) is 0 Å². The zero-order chi connectivity index (χ0) is 15.6. The number of carbonyl (C=O) groups is 1. The average Bonchev–Trinajstić information content (AvgIpc) is 2.88. The second-order valence-corrected chi connectivity index (χ2v) is 6.59. The van der Waals surface area contributed by atoms with E-state index in [0.29, 0.717) is 10.7 Å². The monoisotopic (exact) mass is 325 g/mol. The summed E-state index contributed by atoms with van der Waals surface area (Å²) < 4.78 is 23.8. The molecule has 1 atom stereocenters. The lowest BCUT2D eigenvalue weighted by Gasteiger charge is -2.36. The van der Waals surface area contributed by atoms with Gasteiger partial charge >= 0.3 is 5.97 Å². The lowest BCUT2D eigenvalue weighted by Crippen LogP contribution is -2.50. The minimum atomic E-state index is -2.69. The molecule has 0 aromatic carbocycles. The van der Waals surface area contributed by atoms with Gasteiger partial charge in [0.1, 0.15) is 10.5 Å². The van der Waals surface area contributed by atoms with Gasteiger partial charge in [-0.25, -0.2) is 4.79 Å². The maximum atomic E-state index is 11.5. The van der Waals surface area contributed by atoms with Crippen LogP contribution in [0, 0.1) is 0 Å². The van der Waals surface area contributed by atoms with E-state index in [9.17, 15) is 18.7 Å². The Kier molecular flexibility index (Phi) is 4.40. The summed E-state index contributed by atoms with van der Waals surface area (Å²) >= 11 is -1.52. The molecule has 8 heteroatoms. The molecule has 0 saturated carbocycles. The Labute approximate surface area is 128 Å². The van der Waals surface area contributed by atoms with Crippen LogP contribution < -0.4 is 4.31 Å². The van der Waals surface area contributed by atoms with Crippen molar-refractivity contribution in [3.05, 3.63) is 36.5 Å². The van der Waals surface area contributed by atoms with Crippen molar-refractivity contribution in [3.8, 4) is 10.6 Å². The number of carboxylic acids is 1. The number of carboxylic acid groups (broad SMARTS) is 1. The number of aliphatic carboxylic acids is 1. The molecule has 2 aromatic rings. The number of anilines is 1. The Morgan fingerprint density at radius 1 is 1.38 bits per heavy atom. The van der Waals surface area contributed by atoms with Crippen LogP contribution in [0.2, 0.25) is 0 Å². The molecule has 0 saturated heterocycles. The summed E-state index contributed by atoms with van der Waals surface area (Å²) in [5.74, 6) is -1.22. The van der Waals surface area contributed by atoms with E-state index in [1.165, 1.54) is 25.2 Å². The Bertz CT molecular complexity index is 670. The molecule has 0 radical (unpaired) electrons. The summed E-state index contributed by atoms with van der Waals surface area (Å²) in [6.07, 6.45) is 1.64. The van der Waals surface area contributed by atoms with E-state index < -0.39 is 22.8 Å². The molecule has 0 aliphatic rings. The molecule has 0 aliphatic carbocycles. The first-order valence-electron chi connectivity index (χ1n) is 5.98. The fourth-order valence-corrected chi connectivity index (χ4v) is 3.69. The van der Waals surface area contributed by atoms with Crippen LogP contribution in [-0.2, 0) is 16.1 Å². The molecule has 0 aliphatic heterocycles. The first kappa shape index (κ1) is 15.6. The summed E-state index contributed by atoms with van der Waals surface area (Å²) in [4.78, 5) is 16.2. The van der Waals surface area contributed by atoms with Crippen molar-refractivity contribution in [1.82, 2.24) is 4.98 Å². The highest BCUT2D eigenvalue weighted by Crippen LogP contribution is 2.36. The van der Waals surface area contributed by atoms with Crippen LogP contribution in [0.1, 0.15) is 13.8 Å². The number of hydrogen-bond acceptors (Lipinski definition) is 5. The molecule has 0 spiro atoms. The van der Waals surface area contributed by atoms with Gasteiger partial charge in [-0.15, -0.1) is 11.3 Å². The molecule has 0 bridgehead atoms. The Balaban J connectivity index is 2.43. The van der Waals surface area contributed by atoms with E-state index >= 15 is 0 Å². The molecule has 2 aromatic heterocycles. The van der Waals surface area contributed by atoms with E-state index in [4.69, 9.17) is 0 Å². The van der Waals surface area contributed by atoms with Crippen LogP contribution in [0.4, 0.5) is 5.00 Å². The van der Waals surface area contributed by atoms with Crippen molar-refractivity contribution < 1.29 is 18.7 Å². The van der Waals surface area contributed by atoms with E-state index in [0.717, 1.165) is 9.18 Å². The molecule has 2 heterocycles. The van der Waals surface area contributed by atoms with Crippen LogP contribution in [0.15, 0.2) is 36.5 Å². The number of hydrogen-bond donors (Lipinski definition) is 1. The first-order chi connectivity index (χ1) is 9.84. The van der Waals surface area contributed by atoms with E-state index in [1.807, 2.05) is 6.07 Å². The first-order valence-corrected chi connectivity index (χ1v) is 7.83. The van der Waals surface area contributed by atoms with Crippen molar-refractivity contribution in [3.63, 3.8) is 0 Å². The van der Waals surface area contributed by atoms with Crippen molar-refractivity contribution in [2.45, 2.75) is 19.4 Å². The van der Waals surface area contributed by atoms with Crippen molar-refractivity contribution >= 4 is 33.6 Å². The Morgan fingerprint density at radius 2 is 2.10 bits per heavy atom. The number of rotatable bonds is 5. The second-order valence-electron chi connectivity index (χ2n) is 4.73. The third-order valence-electron chi connectivity index (χ3n) is 2.89. The van der Waals surface area contributed by atoms with E-state index in [1.54, 1.807) is 30.5 Å². The van der Waals surface area contributed by atoms with Gasteiger partial charge in [-0.05, 0) is 38.1 Å². The molecule has 0 amide bonds. The third kappa shape index (κ3) is 3.12. The summed E-state index contributed by atoms with van der Waals surface area (Å²) in [6.45, 7) is 2.68. The molecule has 21 heavy (non-hydrogen) atoms. The van der Waals surface area contributed by atoms with Gasteiger partial charge in [-0.1, -0.05) is 6.07 Å². The van der Waals surface area contributed by atoms with Gasteiger partial charge < -0.3 is 9.66 Å². The minimum Gasteiger partial charge on any atom is -0.755 e. The molecule has 0 fully saturated rings. The number of aromatic nitrogens is 1. The average molecular weight is 325 g/mol. The maximum Gasteiger partial charge on any atom is 0.329 e. The molecule has 1 unspecified atom stereocenters. The zero-order valence-corrected chi connectivity index (χ0v) is 13.0. The minimum absolute atomic E-state index is 0.330. The molecular formula is C13H13N2O4S2-. The summed E-state index contributed by atoms with van der Waals surface area (Å²) in [5, 5.41) is 9.55. The lowest BCUT2D eigenvalue weighted by molar-refractivity contribution is -0.141. The molecule has 2 rings (SSSR count). The van der Waals surface area contributed by atoms with Crippen LogP contribution in [0.25, 0.3) is 10.6 Å². The largest absolute Gasteiger partial charge is 0.755 e. The zero-order valence-electron chi connectivity index (χ0n) is 11.3. The maximum absolute atomic E-state index is 11.5. The fraction of sp³-hybridized carbons (Fsp3) is 0.231. The summed E-state index contributed by atoms with van der Waals surface area (Å²) in [5.41, 5.74) is -0.864. The third-order valence-corrected chi connectivity index (χ3v) is 5.05. The smallest absolute Gasteiger partial charge is 0.329 e. The van der Waals surface area contributed by atoms with E-state index in [-0.39, 0.29) is 0 Å². The molecule has 112 valence electrons. The van der Waals surface area contributed by atoms with Crippen molar-refractivity contribution in [1.29, 1.82) is 0 Å². The standard InChI is InChI=1S/C13H14N2O4S2/c1-13(2,12(16)17)15(21(18)19)11-7-6-10(20-11)9-5-3-4-8-14-9/h3-8H,1-2H3,(H,16,17)(H,18,19)/p-1. The van der Waals surface area contributed by atoms with Gasteiger partial charge in [0.05, 0.1) is 10.6 Å². The van der Waals surface area contributed by atoms with Gasteiger partial charge in [-0.3, -0.25) is 13.5 Å². The van der Waals surface area contributed by atoms with Crippen LogP contribution in [-0.4, -0.2) is 30.4 Å².